The second-order valence-corrected chi connectivity index (χ2v) is 7.11. The highest BCUT2D eigenvalue weighted by Gasteiger charge is 2.14. The Morgan fingerprint density at radius 1 is 0.893 bits per heavy atom. The summed E-state index contributed by atoms with van der Waals surface area (Å²) >= 11 is 0. The summed E-state index contributed by atoms with van der Waals surface area (Å²) in [6.07, 6.45) is 5.14. The van der Waals surface area contributed by atoms with Crippen LogP contribution in [0.25, 0.3) is 22.5 Å². The Hall–Kier alpha value is -2.56. The van der Waals surface area contributed by atoms with Crippen LogP contribution in [0.5, 0.6) is 0 Å². The first-order valence-electron chi connectivity index (χ1n) is 10.1. The van der Waals surface area contributed by atoms with Crippen molar-refractivity contribution < 1.29 is 9.47 Å². The van der Waals surface area contributed by atoms with Gasteiger partial charge in [0.05, 0.1) is 18.0 Å². The van der Waals surface area contributed by atoms with Crippen LogP contribution in [0.15, 0.2) is 66.7 Å². The molecular formula is C24H26N2O2. The van der Waals surface area contributed by atoms with Gasteiger partial charge in [-0.25, -0.2) is 0 Å². The molecule has 0 amide bonds. The lowest BCUT2D eigenvalue weighted by Crippen LogP contribution is -2.22. The number of rotatable bonds is 7. The topological polar surface area (TPSA) is 44.2 Å². The lowest BCUT2D eigenvalue weighted by Gasteiger charge is -2.22. The number of ether oxygens (including phenoxy) is 2. The van der Waals surface area contributed by atoms with E-state index in [9.17, 15) is 0 Å². The fourth-order valence-corrected chi connectivity index (χ4v) is 3.53. The van der Waals surface area contributed by atoms with Crippen molar-refractivity contribution in [2.24, 2.45) is 0 Å². The molecule has 0 aliphatic carbocycles. The van der Waals surface area contributed by atoms with Gasteiger partial charge in [-0.2, -0.15) is 0 Å². The van der Waals surface area contributed by atoms with E-state index in [-0.39, 0.29) is 6.29 Å². The molecule has 1 aliphatic rings. The maximum atomic E-state index is 5.91. The van der Waals surface area contributed by atoms with E-state index >= 15 is 0 Å². The Morgan fingerprint density at radius 2 is 1.64 bits per heavy atom. The van der Waals surface area contributed by atoms with Crippen molar-refractivity contribution in [2.45, 2.75) is 38.4 Å². The van der Waals surface area contributed by atoms with Crippen LogP contribution in [0.1, 0.15) is 31.2 Å². The van der Waals surface area contributed by atoms with Crippen molar-refractivity contribution in [1.29, 1.82) is 0 Å². The van der Waals surface area contributed by atoms with Gasteiger partial charge in [0.2, 0.25) is 0 Å². The van der Waals surface area contributed by atoms with Gasteiger partial charge in [0, 0.05) is 17.7 Å². The summed E-state index contributed by atoms with van der Waals surface area (Å²) in [5.41, 5.74) is 5.25. The smallest absolute Gasteiger partial charge is 0.157 e. The molecule has 3 aromatic rings. The Balaban J connectivity index is 1.50. The van der Waals surface area contributed by atoms with Gasteiger partial charge in [-0.3, -0.25) is 0 Å². The maximum absolute atomic E-state index is 5.91. The largest absolute Gasteiger partial charge is 0.353 e. The summed E-state index contributed by atoms with van der Waals surface area (Å²) < 4.78 is 11.6. The van der Waals surface area contributed by atoms with Crippen LogP contribution in [0.3, 0.4) is 0 Å². The molecule has 2 aromatic carbocycles. The van der Waals surface area contributed by atoms with E-state index in [1.807, 2.05) is 36.4 Å². The van der Waals surface area contributed by atoms with Crippen LogP contribution in [-0.4, -0.2) is 29.7 Å². The standard InChI is InChI=1S/C24H26N2O2/c1-3-10-19(11-4-1)22-18-21(14-9-17-28-23-15-7-8-16-27-23)24(26-25-22)20-12-5-2-6-13-20/h1-6,10-13,18,23H,7-9,14-17H2. The molecule has 28 heavy (non-hydrogen) atoms. The number of hydrogen-bond donors (Lipinski definition) is 0. The fourth-order valence-electron chi connectivity index (χ4n) is 3.53. The molecule has 1 atom stereocenters. The van der Waals surface area contributed by atoms with Crippen molar-refractivity contribution in [1.82, 2.24) is 10.2 Å². The number of aryl methyl sites for hydroxylation is 1. The highest BCUT2D eigenvalue weighted by Crippen LogP contribution is 2.26. The Kier molecular flexibility index (Phi) is 6.43. The van der Waals surface area contributed by atoms with Gasteiger partial charge in [0.15, 0.2) is 6.29 Å². The third kappa shape index (κ3) is 4.83. The van der Waals surface area contributed by atoms with Crippen LogP contribution in [0, 0.1) is 0 Å². The van der Waals surface area contributed by atoms with Crippen molar-refractivity contribution in [2.75, 3.05) is 13.2 Å². The Morgan fingerprint density at radius 3 is 2.36 bits per heavy atom. The van der Waals surface area contributed by atoms with Gasteiger partial charge in [-0.1, -0.05) is 60.7 Å². The van der Waals surface area contributed by atoms with Crippen LogP contribution in [0.2, 0.25) is 0 Å². The summed E-state index contributed by atoms with van der Waals surface area (Å²) in [6, 6.07) is 22.6. The highest BCUT2D eigenvalue weighted by atomic mass is 16.7. The molecule has 0 N–H and O–H groups in total. The Labute approximate surface area is 166 Å². The van der Waals surface area contributed by atoms with Crippen LogP contribution in [-0.2, 0) is 15.9 Å². The molecule has 144 valence electrons. The number of benzene rings is 2. The van der Waals surface area contributed by atoms with Gasteiger partial charge in [-0.05, 0) is 43.7 Å². The first kappa shape index (κ1) is 18.8. The number of hydrogen-bond acceptors (Lipinski definition) is 4. The summed E-state index contributed by atoms with van der Waals surface area (Å²) in [5.74, 6) is 0. The second kappa shape index (κ2) is 9.58. The lowest BCUT2D eigenvalue weighted by atomic mass is 10.0. The first-order chi connectivity index (χ1) is 13.9. The minimum absolute atomic E-state index is 0.0298. The van der Waals surface area contributed by atoms with Gasteiger partial charge in [-0.15, -0.1) is 10.2 Å². The van der Waals surface area contributed by atoms with Gasteiger partial charge in [0.25, 0.3) is 0 Å². The molecule has 0 radical (unpaired) electrons. The monoisotopic (exact) mass is 374 g/mol. The van der Waals surface area contributed by atoms with Crippen LogP contribution in [0.4, 0.5) is 0 Å². The van der Waals surface area contributed by atoms with Crippen molar-refractivity contribution in [3.8, 4) is 22.5 Å². The molecule has 0 spiro atoms. The zero-order valence-corrected chi connectivity index (χ0v) is 16.1. The molecule has 1 aliphatic heterocycles. The van der Waals surface area contributed by atoms with Crippen molar-refractivity contribution in [3.63, 3.8) is 0 Å². The minimum atomic E-state index is -0.0298. The number of aromatic nitrogens is 2. The van der Waals surface area contributed by atoms with E-state index in [1.165, 1.54) is 12.0 Å². The fraction of sp³-hybridized carbons (Fsp3) is 0.333. The SMILES string of the molecule is c1ccc(-c2cc(CCCOC3CCCCO3)c(-c3ccccc3)nn2)cc1. The quantitative estimate of drug-likeness (QED) is 0.527. The molecular weight excluding hydrogens is 348 g/mol. The molecule has 2 heterocycles. The molecule has 0 bridgehead atoms. The third-order valence-corrected chi connectivity index (χ3v) is 5.02. The normalized spacial score (nSPS) is 16.8. The maximum Gasteiger partial charge on any atom is 0.157 e. The van der Waals surface area contributed by atoms with Gasteiger partial charge < -0.3 is 9.47 Å². The molecule has 4 nitrogen and oxygen atoms in total. The predicted molar refractivity (Wildman–Crippen MR) is 111 cm³/mol. The van der Waals surface area contributed by atoms with E-state index in [4.69, 9.17) is 9.47 Å². The average Bonchev–Trinajstić information content (AvgIpc) is 2.78. The summed E-state index contributed by atoms with van der Waals surface area (Å²) in [4.78, 5) is 0. The van der Waals surface area contributed by atoms with Crippen molar-refractivity contribution in [3.05, 3.63) is 72.3 Å². The van der Waals surface area contributed by atoms with E-state index in [1.54, 1.807) is 0 Å². The highest BCUT2D eigenvalue weighted by molar-refractivity contribution is 5.67. The van der Waals surface area contributed by atoms with Crippen LogP contribution >= 0.6 is 0 Å². The van der Waals surface area contributed by atoms with Crippen LogP contribution < -0.4 is 0 Å². The van der Waals surface area contributed by atoms with E-state index < -0.39 is 0 Å². The zero-order valence-electron chi connectivity index (χ0n) is 16.1. The molecule has 4 heteroatoms. The Bertz CT molecular complexity index is 862. The summed E-state index contributed by atoms with van der Waals surface area (Å²) in [7, 11) is 0. The van der Waals surface area contributed by atoms with E-state index in [2.05, 4.69) is 40.5 Å². The van der Waals surface area contributed by atoms with Gasteiger partial charge >= 0.3 is 0 Å². The van der Waals surface area contributed by atoms with Crippen molar-refractivity contribution >= 4 is 0 Å². The molecule has 1 saturated heterocycles. The van der Waals surface area contributed by atoms with E-state index in [0.717, 1.165) is 54.8 Å². The molecule has 0 saturated carbocycles. The zero-order chi connectivity index (χ0) is 19.0. The van der Waals surface area contributed by atoms with Gasteiger partial charge in [0.1, 0.15) is 0 Å². The minimum Gasteiger partial charge on any atom is -0.353 e. The first-order valence-corrected chi connectivity index (χ1v) is 10.1. The second-order valence-electron chi connectivity index (χ2n) is 7.11. The number of nitrogens with zero attached hydrogens (tertiary/aromatic N) is 2. The third-order valence-electron chi connectivity index (χ3n) is 5.02. The average molecular weight is 374 g/mol. The van der Waals surface area contributed by atoms with E-state index in [0.29, 0.717) is 6.61 Å². The molecule has 1 fully saturated rings. The predicted octanol–water partition coefficient (Wildman–Crippen LogP) is 5.29. The summed E-state index contributed by atoms with van der Waals surface area (Å²) in [5, 5.41) is 9.06. The lowest BCUT2D eigenvalue weighted by molar-refractivity contribution is -0.162. The molecule has 1 unspecified atom stereocenters. The summed E-state index contributed by atoms with van der Waals surface area (Å²) in [6.45, 7) is 1.51. The molecule has 1 aromatic heterocycles. The molecule has 4 rings (SSSR count).